The van der Waals surface area contributed by atoms with E-state index in [4.69, 9.17) is 0 Å². The summed E-state index contributed by atoms with van der Waals surface area (Å²) >= 11 is 0. The summed E-state index contributed by atoms with van der Waals surface area (Å²) < 4.78 is 13.7. The fourth-order valence-corrected chi connectivity index (χ4v) is 1.36. The lowest BCUT2D eigenvalue weighted by molar-refractivity contribution is 0.793. The zero-order valence-electron chi connectivity index (χ0n) is 10.2. The molecular formula is C13H20FN. The monoisotopic (exact) mass is 209 g/mol. The number of allylic oxidation sites excluding steroid dienone is 4. The third-order valence-corrected chi connectivity index (χ3v) is 1.90. The molecule has 0 saturated heterocycles. The van der Waals surface area contributed by atoms with Crippen LogP contribution in [0.4, 0.5) is 4.39 Å². The molecule has 0 amide bonds. The van der Waals surface area contributed by atoms with Crippen LogP contribution in [0, 0.1) is 0 Å². The van der Waals surface area contributed by atoms with E-state index in [1.807, 2.05) is 20.8 Å². The van der Waals surface area contributed by atoms with Crippen molar-refractivity contribution in [1.29, 1.82) is 0 Å². The molecule has 0 aromatic heterocycles. The fourth-order valence-electron chi connectivity index (χ4n) is 1.36. The first kappa shape index (κ1) is 13.8. The van der Waals surface area contributed by atoms with Crippen LogP contribution in [0.2, 0.25) is 0 Å². The molecule has 84 valence electrons. The summed E-state index contributed by atoms with van der Waals surface area (Å²) in [5.74, 6) is -0.471. The van der Waals surface area contributed by atoms with Crippen molar-refractivity contribution in [3.05, 3.63) is 35.6 Å². The summed E-state index contributed by atoms with van der Waals surface area (Å²) in [6.45, 7) is 14.9. The molecule has 0 aromatic carbocycles. The van der Waals surface area contributed by atoms with Gasteiger partial charge in [0, 0.05) is 11.3 Å². The maximum atomic E-state index is 13.7. The van der Waals surface area contributed by atoms with Gasteiger partial charge in [0.1, 0.15) is 0 Å². The minimum absolute atomic E-state index is 0.468. The highest BCUT2D eigenvalue weighted by molar-refractivity contribution is 5.98. The topological polar surface area (TPSA) is 12.4 Å². The maximum absolute atomic E-state index is 13.7. The Morgan fingerprint density at radius 1 is 1.20 bits per heavy atom. The normalized spacial score (nSPS) is 11.1. The molecule has 0 N–H and O–H groups in total. The second kappa shape index (κ2) is 6.33. The average molecular weight is 209 g/mol. The van der Waals surface area contributed by atoms with Gasteiger partial charge in [-0.2, -0.15) is 4.39 Å². The largest absolute Gasteiger partial charge is 0.225 e. The first-order valence-electron chi connectivity index (χ1n) is 5.15. The summed E-state index contributed by atoms with van der Waals surface area (Å²) in [7, 11) is 0. The molecule has 15 heavy (non-hydrogen) atoms. The number of rotatable bonds is 5. The first-order valence-corrected chi connectivity index (χ1v) is 5.15. The molecule has 0 rings (SSSR count). The standard InChI is InChI=1S/C13H20FN/c1-7-8-11(6)12(9(2)3)13(14)15-10(4)5/h4,6-8H2,1-3,5H3/b15-13+. The number of hydrogen-bond acceptors (Lipinski definition) is 1. The molecule has 0 spiro atoms. The van der Waals surface area contributed by atoms with Gasteiger partial charge in [0.25, 0.3) is 0 Å². The van der Waals surface area contributed by atoms with Gasteiger partial charge in [0.05, 0.1) is 0 Å². The van der Waals surface area contributed by atoms with Crippen LogP contribution in [0.1, 0.15) is 40.5 Å². The van der Waals surface area contributed by atoms with Gasteiger partial charge in [-0.3, -0.25) is 0 Å². The van der Waals surface area contributed by atoms with Gasteiger partial charge in [-0.15, -0.1) is 0 Å². The van der Waals surface area contributed by atoms with E-state index in [1.54, 1.807) is 6.92 Å². The third-order valence-electron chi connectivity index (χ3n) is 1.90. The van der Waals surface area contributed by atoms with Crippen molar-refractivity contribution in [2.75, 3.05) is 0 Å². The minimum atomic E-state index is -0.471. The Balaban J connectivity index is 5.11. The molecule has 0 aromatic rings. The van der Waals surface area contributed by atoms with E-state index in [2.05, 4.69) is 18.2 Å². The molecule has 0 fully saturated rings. The minimum Gasteiger partial charge on any atom is -0.225 e. The van der Waals surface area contributed by atoms with Crippen molar-refractivity contribution in [2.24, 2.45) is 4.99 Å². The Morgan fingerprint density at radius 3 is 2.07 bits per heavy atom. The van der Waals surface area contributed by atoms with E-state index >= 15 is 0 Å². The van der Waals surface area contributed by atoms with Crippen molar-refractivity contribution in [2.45, 2.75) is 40.5 Å². The summed E-state index contributed by atoms with van der Waals surface area (Å²) in [6.07, 6.45) is 1.75. The highest BCUT2D eigenvalue weighted by Gasteiger charge is 2.11. The molecule has 0 aliphatic carbocycles. The smallest absolute Gasteiger partial charge is 0.220 e. The van der Waals surface area contributed by atoms with Crippen molar-refractivity contribution >= 4 is 5.97 Å². The number of nitrogens with zero attached hydrogens (tertiary/aromatic N) is 1. The van der Waals surface area contributed by atoms with Crippen LogP contribution in [0.15, 0.2) is 40.6 Å². The van der Waals surface area contributed by atoms with Crippen molar-refractivity contribution in [3.63, 3.8) is 0 Å². The zero-order valence-corrected chi connectivity index (χ0v) is 10.2. The second-order valence-electron chi connectivity index (χ2n) is 3.87. The van der Waals surface area contributed by atoms with E-state index in [-0.39, 0.29) is 0 Å². The van der Waals surface area contributed by atoms with Crippen molar-refractivity contribution in [3.8, 4) is 0 Å². The summed E-state index contributed by atoms with van der Waals surface area (Å²) in [4.78, 5) is 3.74. The quantitative estimate of drug-likeness (QED) is 0.464. The van der Waals surface area contributed by atoms with E-state index in [1.165, 1.54) is 0 Å². The van der Waals surface area contributed by atoms with Crippen LogP contribution < -0.4 is 0 Å². The highest BCUT2D eigenvalue weighted by atomic mass is 19.1. The van der Waals surface area contributed by atoms with Crippen LogP contribution >= 0.6 is 0 Å². The molecule has 0 radical (unpaired) electrons. The Kier molecular flexibility index (Phi) is 5.83. The van der Waals surface area contributed by atoms with Crippen LogP contribution in [-0.4, -0.2) is 5.97 Å². The molecule has 0 saturated carbocycles. The Hall–Kier alpha value is -1.18. The molecule has 2 heteroatoms. The highest BCUT2D eigenvalue weighted by Crippen LogP contribution is 2.21. The van der Waals surface area contributed by atoms with Crippen LogP contribution in [0.5, 0.6) is 0 Å². The molecule has 0 unspecified atom stereocenters. The first-order chi connectivity index (χ1) is 6.90. The van der Waals surface area contributed by atoms with Crippen molar-refractivity contribution in [1.82, 2.24) is 0 Å². The molecule has 0 aliphatic rings. The number of halogens is 1. The SMILES string of the molecule is C=C(C)/N=C(/F)C(C(=C)CCC)=C(C)C. The number of hydrogen-bond donors (Lipinski definition) is 0. The van der Waals surface area contributed by atoms with Crippen LogP contribution in [0.3, 0.4) is 0 Å². The molecule has 0 aliphatic heterocycles. The predicted octanol–water partition coefficient (Wildman–Crippen LogP) is 4.58. The molecule has 0 heterocycles. The van der Waals surface area contributed by atoms with Crippen molar-refractivity contribution < 1.29 is 4.39 Å². The third kappa shape index (κ3) is 4.73. The van der Waals surface area contributed by atoms with E-state index < -0.39 is 5.97 Å². The second-order valence-corrected chi connectivity index (χ2v) is 3.87. The maximum Gasteiger partial charge on any atom is 0.220 e. The number of aliphatic imine (C=N–C) groups is 1. The average Bonchev–Trinajstić information content (AvgIpc) is 2.01. The van der Waals surface area contributed by atoms with Crippen LogP contribution in [-0.2, 0) is 0 Å². The molecular weight excluding hydrogens is 189 g/mol. The summed E-state index contributed by atoms with van der Waals surface area (Å²) in [5, 5.41) is 0. The van der Waals surface area contributed by atoms with Gasteiger partial charge < -0.3 is 0 Å². The lowest BCUT2D eigenvalue weighted by Gasteiger charge is -2.09. The van der Waals surface area contributed by atoms with E-state index in [9.17, 15) is 4.39 Å². The summed E-state index contributed by atoms with van der Waals surface area (Å²) in [6, 6.07) is 0. The summed E-state index contributed by atoms with van der Waals surface area (Å²) in [5.41, 5.74) is 2.71. The molecule has 1 nitrogen and oxygen atoms in total. The van der Waals surface area contributed by atoms with Crippen LogP contribution in [0.25, 0.3) is 0 Å². The van der Waals surface area contributed by atoms with E-state index in [0.717, 1.165) is 24.0 Å². The predicted molar refractivity (Wildman–Crippen MR) is 65.8 cm³/mol. The van der Waals surface area contributed by atoms with Gasteiger partial charge in [-0.05, 0) is 32.8 Å². The van der Waals surface area contributed by atoms with E-state index in [0.29, 0.717) is 11.3 Å². The Labute approximate surface area is 92.1 Å². The van der Waals surface area contributed by atoms with Gasteiger partial charge in [-0.25, -0.2) is 4.99 Å². The molecule has 0 atom stereocenters. The van der Waals surface area contributed by atoms with Gasteiger partial charge in [0.2, 0.25) is 5.97 Å². The van der Waals surface area contributed by atoms with Gasteiger partial charge in [-0.1, -0.05) is 32.1 Å². The molecule has 0 bridgehead atoms. The lowest BCUT2D eigenvalue weighted by atomic mass is 9.99. The lowest BCUT2D eigenvalue weighted by Crippen LogP contribution is -2.01. The zero-order chi connectivity index (χ0) is 12.0. The Morgan fingerprint density at radius 2 is 1.73 bits per heavy atom. The van der Waals surface area contributed by atoms with Gasteiger partial charge >= 0.3 is 0 Å². The Bertz CT molecular complexity index is 317. The van der Waals surface area contributed by atoms with Gasteiger partial charge in [0.15, 0.2) is 0 Å². The fraction of sp³-hybridized carbons (Fsp3) is 0.462.